The highest BCUT2D eigenvalue weighted by molar-refractivity contribution is 9.10. The van der Waals surface area contributed by atoms with Crippen molar-refractivity contribution in [1.82, 2.24) is 10.2 Å². The lowest BCUT2D eigenvalue weighted by Crippen LogP contribution is -2.34. The summed E-state index contributed by atoms with van der Waals surface area (Å²) in [6.45, 7) is 7.74. The van der Waals surface area contributed by atoms with Crippen LogP contribution in [-0.2, 0) is 0 Å². The van der Waals surface area contributed by atoms with Gasteiger partial charge >= 0.3 is 0 Å². The van der Waals surface area contributed by atoms with Crippen LogP contribution < -0.4 is 5.32 Å². The van der Waals surface area contributed by atoms with Crippen LogP contribution in [0.2, 0.25) is 0 Å². The van der Waals surface area contributed by atoms with Gasteiger partial charge in [-0.15, -0.1) is 0 Å². The van der Waals surface area contributed by atoms with E-state index in [1.54, 1.807) is 0 Å². The van der Waals surface area contributed by atoms with E-state index in [4.69, 9.17) is 0 Å². The van der Waals surface area contributed by atoms with E-state index in [0.717, 1.165) is 13.1 Å². The van der Waals surface area contributed by atoms with Gasteiger partial charge in [0.2, 0.25) is 0 Å². The minimum Gasteiger partial charge on any atom is -0.317 e. The van der Waals surface area contributed by atoms with Crippen LogP contribution in [0.1, 0.15) is 43.4 Å². The Balaban J connectivity index is 2.26. The summed E-state index contributed by atoms with van der Waals surface area (Å²) in [7, 11) is 2.28. The van der Waals surface area contributed by atoms with E-state index in [0.29, 0.717) is 12.0 Å². The summed E-state index contributed by atoms with van der Waals surface area (Å²) >= 11 is 3.69. The molecule has 0 radical (unpaired) electrons. The quantitative estimate of drug-likeness (QED) is 0.887. The number of benzene rings is 1. The minimum atomic E-state index is 0.536. The zero-order valence-corrected chi connectivity index (χ0v) is 14.5. The topological polar surface area (TPSA) is 15.3 Å². The molecule has 1 heterocycles. The van der Waals surface area contributed by atoms with E-state index in [2.05, 4.69) is 65.2 Å². The maximum atomic E-state index is 3.69. The van der Waals surface area contributed by atoms with Crippen LogP contribution in [0.4, 0.5) is 0 Å². The van der Waals surface area contributed by atoms with Crippen molar-refractivity contribution in [3.05, 3.63) is 33.8 Å². The van der Waals surface area contributed by atoms with E-state index in [-0.39, 0.29) is 0 Å². The van der Waals surface area contributed by atoms with E-state index in [9.17, 15) is 0 Å². The van der Waals surface area contributed by atoms with Crippen molar-refractivity contribution in [2.24, 2.45) is 5.92 Å². The molecular weight excluding hydrogens is 312 g/mol. The van der Waals surface area contributed by atoms with E-state index >= 15 is 0 Å². The molecular formula is C17H27BrN2. The summed E-state index contributed by atoms with van der Waals surface area (Å²) in [5.74, 6) is 0.706. The van der Waals surface area contributed by atoms with Gasteiger partial charge in [0, 0.05) is 10.5 Å². The average Bonchev–Trinajstić information content (AvgIpc) is 2.61. The van der Waals surface area contributed by atoms with Crippen LogP contribution in [0.3, 0.4) is 0 Å². The molecule has 3 heteroatoms. The predicted octanol–water partition coefficient (Wildman–Crippen LogP) is 4.14. The fraction of sp³-hybridized carbons (Fsp3) is 0.647. The Morgan fingerprint density at radius 1 is 1.35 bits per heavy atom. The first-order chi connectivity index (χ1) is 9.63. The summed E-state index contributed by atoms with van der Waals surface area (Å²) in [5.41, 5.74) is 2.77. The van der Waals surface area contributed by atoms with Crippen LogP contribution in [0.25, 0.3) is 0 Å². The molecule has 1 saturated heterocycles. The molecule has 2 nitrogen and oxygen atoms in total. The van der Waals surface area contributed by atoms with Crippen LogP contribution >= 0.6 is 15.9 Å². The molecule has 0 saturated carbocycles. The molecule has 2 rings (SSSR count). The second-order valence-corrected chi connectivity index (χ2v) is 6.85. The lowest BCUT2D eigenvalue weighted by molar-refractivity contribution is 0.189. The van der Waals surface area contributed by atoms with Crippen molar-refractivity contribution < 1.29 is 0 Å². The van der Waals surface area contributed by atoms with Gasteiger partial charge in [0.25, 0.3) is 0 Å². The van der Waals surface area contributed by atoms with Crippen molar-refractivity contribution in [2.75, 3.05) is 26.7 Å². The van der Waals surface area contributed by atoms with E-state index < -0.39 is 0 Å². The SMILES string of the molecule is CCNCC1CCCCN(C)C1c1ccc(C)c(Br)c1. The number of nitrogens with zero attached hydrogens (tertiary/aromatic N) is 1. The molecule has 1 aliphatic heterocycles. The first-order valence-electron chi connectivity index (χ1n) is 7.80. The third kappa shape index (κ3) is 3.84. The van der Waals surface area contributed by atoms with Crippen molar-refractivity contribution >= 4 is 15.9 Å². The Morgan fingerprint density at radius 2 is 2.15 bits per heavy atom. The molecule has 1 aromatic carbocycles. The molecule has 1 fully saturated rings. The van der Waals surface area contributed by atoms with Crippen molar-refractivity contribution in [1.29, 1.82) is 0 Å². The molecule has 20 heavy (non-hydrogen) atoms. The zero-order valence-electron chi connectivity index (χ0n) is 13.0. The Kier molecular flexibility index (Phi) is 6.06. The molecule has 1 aromatic rings. The third-order valence-corrected chi connectivity index (χ3v) is 5.31. The summed E-state index contributed by atoms with van der Waals surface area (Å²) in [6, 6.07) is 7.41. The Labute approximate surface area is 132 Å². The monoisotopic (exact) mass is 338 g/mol. The maximum absolute atomic E-state index is 3.69. The summed E-state index contributed by atoms with van der Waals surface area (Å²) < 4.78 is 1.23. The molecule has 2 unspecified atom stereocenters. The molecule has 1 N–H and O–H groups in total. The molecule has 0 amide bonds. The number of aryl methyl sites for hydroxylation is 1. The van der Waals surface area contributed by atoms with Crippen LogP contribution in [0.15, 0.2) is 22.7 Å². The molecule has 0 spiro atoms. The largest absolute Gasteiger partial charge is 0.317 e. The zero-order chi connectivity index (χ0) is 14.5. The third-order valence-electron chi connectivity index (χ3n) is 4.45. The van der Waals surface area contributed by atoms with Crippen molar-refractivity contribution in [3.63, 3.8) is 0 Å². The highest BCUT2D eigenvalue weighted by Gasteiger charge is 2.28. The fourth-order valence-electron chi connectivity index (χ4n) is 3.29. The maximum Gasteiger partial charge on any atom is 0.0385 e. The average molecular weight is 339 g/mol. The smallest absolute Gasteiger partial charge is 0.0385 e. The van der Waals surface area contributed by atoms with Crippen LogP contribution in [-0.4, -0.2) is 31.6 Å². The number of nitrogens with one attached hydrogen (secondary N) is 1. The number of rotatable bonds is 4. The first-order valence-corrected chi connectivity index (χ1v) is 8.59. The van der Waals surface area contributed by atoms with E-state index in [1.165, 1.54) is 41.4 Å². The van der Waals surface area contributed by atoms with Gasteiger partial charge in [0.15, 0.2) is 0 Å². The Morgan fingerprint density at radius 3 is 2.85 bits per heavy atom. The van der Waals surface area contributed by atoms with Crippen molar-refractivity contribution in [3.8, 4) is 0 Å². The molecule has 1 aliphatic rings. The van der Waals surface area contributed by atoms with Gasteiger partial charge in [-0.1, -0.05) is 41.4 Å². The molecule has 2 atom stereocenters. The standard InChI is InChI=1S/C17H27BrN2/c1-4-19-12-15-7-5-6-10-20(3)17(15)14-9-8-13(2)16(18)11-14/h8-9,11,15,17,19H,4-7,10,12H2,1-3H3. The van der Waals surface area contributed by atoms with Crippen molar-refractivity contribution in [2.45, 2.75) is 39.2 Å². The van der Waals surface area contributed by atoms with Gasteiger partial charge in [-0.3, -0.25) is 4.90 Å². The number of halogens is 1. The fourth-order valence-corrected chi connectivity index (χ4v) is 3.68. The van der Waals surface area contributed by atoms with Gasteiger partial charge in [-0.05, 0) is 69.6 Å². The molecule has 0 aromatic heterocycles. The first kappa shape index (κ1) is 16.0. The van der Waals surface area contributed by atoms with Gasteiger partial charge < -0.3 is 5.32 Å². The van der Waals surface area contributed by atoms with Gasteiger partial charge in [0.05, 0.1) is 0 Å². The highest BCUT2D eigenvalue weighted by atomic mass is 79.9. The normalized spacial score (nSPS) is 24.6. The predicted molar refractivity (Wildman–Crippen MR) is 90.1 cm³/mol. The molecule has 0 aliphatic carbocycles. The molecule has 112 valence electrons. The highest BCUT2D eigenvalue weighted by Crippen LogP contribution is 2.35. The summed E-state index contributed by atoms with van der Waals surface area (Å²) in [6.07, 6.45) is 4.00. The van der Waals surface area contributed by atoms with E-state index in [1.807, 2.05) is 0 Å². The summed E-state index contributed by atoms with van der Waals surface area (Å²) in [4.78, 5) is 2.55. The number of likely N-dealkylation sites (tertiary alicyclic amines) is 1. The number of hydrogen-bond donors (Lipinski definition) is 1. The van der Waals surface area contributed by atoms with Gasteiger partial charge in [-0.2, -0.15) is 0 Å². The minimum absolute atomic E-state index is 0.536. The Bertz CT molecular complexity index is 433. The van der Waals surface area contributed by atoms with Gasteiger partial charge in [0.1, 0.15) is 0 Å². The lowest BCUT2D eigenvalue weighted by atomic mass is 9.89. The van der Waals surface area contributed by atoms with Crippen LogP contribution in [0.5, 0.6) is 0 Å². The lowest BCUT2D eigenvalue weighted by Gasteiger charge is -2.33. The second-order valence-electron chi connectivity index (χ2n) is 6.00. The molecule has 0 bridgehead atoms. The number of hydrogen-bond acceptors (Lipinski definition) is 2. The Hall–Kier alpha value is -0.380. The summed E-state index contributed by atoms with van der Waals surface area (Å²) in [5, 5.41) is 3.55. The second kappa shape index (κ2) is 7.58. The van der Waals surface area contributed by atoms with Gasteiger partial charge in [-0.25, -0.2) is 0 Å². The van der Waals surface area contributed by atoms with Crippen LogP contribution in [0, 0.1) is 12.8 Å².